The molecule has 6 nitrogen and oxygen atoms in total. The van der Waals surface area contributed by atoms with Crippen molar-refractivity contribution >= 4 is 22.4 Å². The monoisotopic (exact) mass is 384 g/mol. The Balaban J connectivity index is 1.86. The van der Waals surface area contributed by atoms with Crippen molar-refractivity contribution in [3.05, 3.63) is 29.1 Å². The molecule has 9 heteroatoms. The molecule has 3 rings (SSSR count). The first-order chi connectivity index (χ1) is 12.6. The van der Waals surface area contributed by atoms with Gasteiger partial charge in [0.1, 0.15) is 0 Å². The molecule has 1 aromatic carbocycles. The van der Waals surface area contributed by atoms with Crippen molar-refractivity contribution in [2.24, 2.45) is 0 Å². The molecular weight excluding hydrogens is 366 g/mol. The zero-order chi connectivity index (χ0) is 18.5. The van der Waals surface area contributed by atoms with Crippen LogP contribution in [0.3, 0.4) is 0 Å². The van der Waals surface area contributed by atoms with Gasteiger partial charge in [0.15, 0.2) is 23.3 Å². The molecule has 0 amide bonds. The molecule has 0 aliphatic carbocycles. The van der Waals surface area contributed by atoms with Gasteiger partial charge in [0.05, 0.1) is 25.5 Å². The van der Waals surface area contributed by atoms with Crippen molar-refractivity contribution in [1.82, 2.24) is 4.98 Å². The van der Waals surface area contributed by atoms with E-state index < -0.39 is 24.2 Å². The normalized spacial score (nSPS) is 14.3. The molecule has 140 valence electrons. The van der Waals surface area contributed by atoms with Gasteiger partial charge in [-0.15, -0.1) is 11.3 Å². The van der Waals surface area contributed by atoms with Crippen LogP contribution >= 0.6 is 11.3 Å². The summed E-state index contributed by atoms with van der Waals surface area (Å²) >= 11 is 1.40. The second kappa shape index (κ2) is 8.41. The fourth-order valence-electron chi connectivity index (χ4n) is 2.50. The minimum atomic E-state index is -1.16. The molecule has 2 aromatic rings. The fraction of sp³-hybridized carbons (Fsp3) is 0.412. The highest BCUT2D eigenvalue weighted by Gasteiger charge is 2.21. The molecule has 1 saturated heterocycles. The van der Waals surface area contributed by atoms with Gasteiger partial charge in [-0.3, -0.25) is 0 Å². The first-order valence-electron chi connectivity index (χ1n) is 8.15. The number of halogens is 2. The Hall–Kier alpha value is -2.26. The van der Waals surface area contributed by atoms with Gasteiger partial charge in [-0.1, -0.05) is 0 Å². The molecule has 1 aromatic heterocycles. The second-order valence-electron chi connectivity index (χ2n) is 5.45. The van der Waals surface area contributed by atoms with Crippen LogP contribution in [0.25, 0.3) is 11.3 Å². The van der Waals surface area contributed by atoms with Gasteiger partial charge in [-0.2, -0.15) is 4.39 Å². The fourth-order valence-corrected chi connectivity index (χ4v) is 3.38. The predicted molar refractivity (Wildman–Crippen MR) is 92.6 cm³/mol. The van der Waals surface area contributed by atoms with Crippen molar-refractivity contribution in [2.45, 2.75) is 6.92 Å². The van der Waals surface area contributed by atoms with E-state index in [-0.39, 0.29) is 17.9 Å². The summed E-state index contributed by atoms with van der Waals surface area (Å²) in [5.41, 5.74) is 0.734. The van der Waals surface area contributed by atoms with Gasteiger partial charge >= 0.3 is 5.97 Å². The van der Waals surface area contributed by atoms with Crippen LogP contribution in [0.5, 0.6) is 5.75 Å². The van der Waals surface area contributed by atoms with Gasteiger partial charge in [0.2, 0.25) is 5.82 Å². The lowest BCUT2D eigenvalue weighted by Gasteiger charge is -2.26. The third-order valence-electron chi connectivity index (χ3n) is 3.74. The number of hydrogen-bond acceptors (Lipinski definition) is 7. The van der Waals surface area contributed by atoms with Crippen molar-refractivity contribution in [3.8, 4) is 17.0 Å². The molecule has 0 unspecified atom stereocenters. The molecule has 1 fully saturated rings. The van der Waals surface area contributed by atoms with Gasteiger partial charge in [0.25, 0.3) is 0 Å². The summed E-state index contributed by atoms with van der Waals surface area (Å²) < 4.78 is 43.2. The summed E-state index contributed by atoms with van der Waals surface area (Å²) in [4.78, 5) is 18.0. The number of anilines is 1. The minimum Gasteiger partial charge on any atom is -0.478 e. The third kappa shape index (κ3) is 4.10. The van der Waals surface area contributed by atoms with E-state index in [0.717, 1.165) is 24.3 Å². The lowest BCUT2D eigenvalue weighted by atomic mass is 10.1. The Bertz CT molecular complexity index is 778. The Morgan fingerprint density at radius 1 is 1.35 bits per heavy atom. The highest BCUT2D eigenvalue weighted by atomic mass is 32.1. The SMILES string of the molecule is CCOC(=O)COc1c(-c2csc(N3CCOCC3)n2)ccc(F)c1F. The molecule has 0 saturated carbocycles. The van der Waals surface area contributed by atoms with Crippen LogP contribution in [0.15, 0.2) is 17.5 Å². The minimum absolute atomic E-state index is 0.176. The Labute approximate surface area is 153 Å². The summed E-state index contributed by atoms with van der Waals surface area (Å²) in [5.74, 6) is -3.23. The summed E-state index contributed by atoms with van der Waals surface area (Å²) in [6, 6.07) is 2.40. The average molecular weight is 384 g/mol. The lowest BCUT2D eigenvalue weighted by molar-refractivity contribution is -0.145. The number of thiazole rings is 1. The maximum Gasteiger partial charge on any atom is 0.344 e. The van der Waals surface area contributed by atoms with Gasteiger partial charge in [0, 0.05) is 24.0 Å². The zero-order valence-corrected chi connectivity index (χ0v) is 15.0. The van der Waals surface area contributed by atoms with E-state index in [1.165, 1.54) is 17.4 Å². The molecule has 26 heavy (non-hydrogen) atoms. The van der Waals surface area contributed by atoms with Crippen LogP contribution in [0, 0.1) is 11.6 Å². The van der Waals surface area contributed by atoms with E-state index in [1.54, 1.807) is 12.3 Å². The number of aromatic nitrogens is 1. The number of esters is 1. The van der Waals surface area contributed by atoms with Crippen LogP contribution in [0.4, 0.5) is 13.9 Å². The number of morpholine rings is 1. The molecule has 0 bridgehead atoms. The van der Waals surface area contributed by atoms with E-state index in [2.05, 4.69) is 9.88 Å². The molecule has 0 spiro atoms. The summed E-state index contributed by atoms with van der Waals surface area (Å²) in [6.45, 7) is 3.99. The number of rotatable bonds is 6. The molecule has 0 radical (unpaired) electrons. The van der Waals surface area contributed by atoms with Crippen molar-refractivity contribution in [3.63, 3.8) is 0 Å². The zero-order valence-electron chi connectivity index (χ0n) is 14.2. The topological polar surface area (TPSA) is 60.9 Å². The quantitative estimate of drug-likeness (QED) is 0.714. The van der Waals surface area contributed by atoms with Crippen molar-refractivity contribution < 1.29 is 27.8 Å². The first-order valence-corrected chi connectivity index (χ1v) is 9.03. The third-order valence-corrected chi connectivity index (χ3v) is 4.64. The summed E-state index contributed by atoms with van der Waals surface area (Å²) in [5, 5.41) is 2.51. The van der Waals surface area contributed by atoms with E-state index in [9.17, 15) is 13.6 Å². The van der Waals surface area contributed by atoms with Crippen molar-refractivity contribution in [2.75, 3.05) is 44.4 Å². The summed E-state index contributed by atoms with van der Waals surface area (Å²) in [7, 11) is 0. The van der Waals surface area contributed by atoms with Gasteiger partial charge in [-0.05, 0) is 19.1 Å². The molecule has 1 aliphatic rings. The van der Waals surface area contributed by atoms with Crippen molar-refractivity contribution in [1.29, 1.82) is 0 Å². The Morgan fingerprint density at radius 3 is 2.85 bits per heavy atom. The van der Waals surface area contributed by atoms with E-state index in [4.69, 9.17) is 14.2 Å². The van der Waals surface area contributed by atoms with Crippen LogP contribution in [-0.4, -0.2) is 50.5 Å². The predicted octanol–water partition coefficient (Wildman–Crippen LogP) is 2.87. The van der Waals surface area contributed by atoms with Gasteiger partial charge < -0.3 is 19.1 Å². The maximum absolute atomic E-state index is 14.2. The highest BCUT2D eigenvalue weighted by Crippen LogP contribution is 2.36. The maximum atomic E-state index is 14.2. The molecule has 0 atom stereocenters. The van der Waals surface area contributed by atoms with E-state index in [1.807, 2.05) is 0 Å². The largest absolute Gasteiger partial charge is 0.478 e. The number of benzene rings is 1. The standard InChI is InChI=1S/C17H18F2N2O4S/c1-2-24-14(22)9-25-16-11(3-4-12(18)15(16)19)13-10-26-17(20-13)21-5-7-23-8-6-21/h3-4,10H,2,5-9H2,1H3. The number of hydrogen-bond donors (Lipinski definition) is 0. The van der Waals surface area contributed by atoms with Crippen LogP contribution in [0.1, 0.15) is 6.92 Å². The number of carbonyl (C=O) groups is 1. The average Bonchev–Trinajstić information content (AvgIpc) is 3.14. The Kier molecular flexibility index (Phi) is 6.00. The Morgan fingerprint density at radius 2 is 2.12 bits per heavy atom. The summed E-state index contributed by atoms with van der Waals surface area (Å²) in [6.07, 6.45) is 0. The van der Waals surface area contributed by atoms with Gasteiger partial charge in [-0.25, -0.2) is 14.2 Å². The van der Waals surface area contributed by atoms with Crippen LogP contribution in [0.2, 0.25) is 0 Å². The molecule has 2 heterocycles. The molecule has 1 aliphatic heterocycles. The lowest BCUT2D eigenvalue weighted by Crippen LogP contribution is -2.36. The molecular formula is C17H18F2N2O4S. The molecule has 0 N–H and O–H groups in total. The van der Waals surface area contributed by atoms with E-state index in [0.29, 0.717) is 18.9 Å². The number of nitrogens with zero attached hydrogens (tertiary/aromatic N) is 2. The number of ether oxygens (including phenoxy) is 3. The second-order valence-corrected chi connectivity index (χ2v) is 6.28. The smallest absolute Gasteiger partial charge is 0.344 e. The van der Waals surface area contributed by atoms with E-state index >= 15 is 0 Å². The van der Waals surface area contributed by atoms with Crippen LogP contribution in [-0.2, 0) is 14.3 Å². The van der Waals surface area contributed by atoms with Crippen LogP contribution < -0.4 is 9.64 Å². The highest BCUT2D eigenvalue weighted by molar-refractivity contribution is 7.14. The first kappa shape index (κ1) is 18.5. The number of carbonyl (C=O) groups excluding carboxylic acids is 1.